The van der Waals surface area contributed by atoms with E-state index < -0.39 is 11.7 Å². The molecular formula is C20H22F3N5O. The van der Waals surface area contributed by atoms with E-state index in [1.807, 2.05) is 24.0 Å². The van der Waals surface area contributed by atoms with Gasteiger partial charge in [0.1, 0.15) is 18.2 Å². The summed E-state index contributed by atoms with van der Waals surface area (Å²) in [6, 6.07) is 4.85. The maximum Gasteiger partial charge on any atom is 0.416 e. The van der Waals surface area contributed by atoms with Crippen LogP contribution >= 0.6 is 0 Å². The van der Waals surface area contributed by atoms with Crippen LogP contribution in [-0.2, 0) is 19.8 Å². The number of aromatic amines is 1. The third-order valence-corrected chi connectivity index (χ3v) is 5.61. The van der Waals surface area contributed by atoms with Crippen LogP contribution in [0.4, 0.5) is 13.2 Å². The van der Waals surface area contributed by atoms with Crippen LogP contribution in [0.1, 0.15) is 60.3 Å². The first-order valence-electron chi connectivity index (χ1n) is 9.58. The number of hydrogen-bond acceptors (Lipinski definition) is 4. The average molecular weight is 405 g/mol. The Morgan fingerprint density at radius 3 is 2.59 bits per heavy atom. The quantitative estimate of drug-likeness (QED) is 0.675. The summed E-state index contributed by atoms with van der Waals surface area (Å²) in [5.41, 5.74) is 0.514. The number of hydrogen-bond donors (Lipinski definition) is 1. The lowest BCUT2D eigenvalue weighted by Gasteiger charge is -2.27. The van der Waals surface area contributed by atoms with E-state index in [9.17, 15) is 13.2 Å². The summed E-state index contributed by atoms with van der Waals surface area (Å²) < 4.78 is 45.9. The van der Waals surface area contributed by atoms with E-state index in [0.717, 1.165) is 43.6 Å². The van der Waals surface area contributed by atoms with E-state index in [4.69, 9.17) is 4.74 Å². The predicted octanol–water partition coefficient (Wildman–Crippen LogP) is 4.58. The number of halogens is 3. The lowest BCUT2D eigenvalue weighted by molar-refractivity contribution is -0.137. The minimum atomic E-state index is -4.40. The molecule has 1 N–H and O–H groups in total. The van der Waals surface area contributed by atoms with Crippen molar-refractivity contribution in [3.63, 3.8) is 0 Å². The Morgan fingerprint density at radius 1 is 1.14 bits per heavy atom. The highest BCUT2D eigenvalue weighted by Crippen LogP contribution is 2.39. The Kier molecular flexibility index (Phi) is 5.29. The monoisotopic (exact) mass is 405 g/mol. The molecule has 1 fully saturated rings. The van der Waals surface area contributed by atoms with Crippen LogP contribution in [-0.4, -0.2) is 25.0 Å². The maximum absolute atomic E-state index is 12.8. The van der Waals surface area contributed by atoms with Crippen molar-refractivity contribution in [1.82, 2.24) is 25.0 Å². The van der Waals surface area contributed by atoms with Crippen molar-refractivity contribution in [3.05, 3.63) is 59.4 Å². The van der Waals surface area contributed by atoms with Gasteiger partial charge < -0.3 is 9.30 Å². The second kappa shape index (κ2) is 7.88. The first-order valence-corrected chi connectivity index (χ1v) is 9.58. The minimum Gasteiger partial charge on any atom is -0.486 e. The highest BCUT2D eigenvalue weighted by atomic mass is 19.4. The molecule has 0 atom stereocenters. The normalized spacial score (nSPS) is 20.0. The molecule has 4 rings (SSSR count). The van der Waals surface area contributed by atoms with Crippen molar-refractivity contribution in [2.45, 2.75) is 50.3 Å². The molecule has 0 radical (unpaired) electrons. The first-order chi connectivity index (χ1) is 13.9. The molecule has 6 nitrogen and oxygen atoms in total. The van der Waals surface area contributed by atoms with Crippen molar-refractivity contribution >= 4 is 0 Å². The van der Waals surface area contributed by atoms with E-state index in [-0.39, 0.29) is 12.4 Å². The molecule has 154 valence electrons. The van der Waals surface area contributed by atoms with Gasteiger partial charge in [-0.25, -0.2) is 0 Å². The Labute approximate surface area is 166 Å². The fourth-order valence-corrected chi connectivity index (χ4v) is 3.94. The molecule has 2 heterocycles. The van der Waals surface area contributed by atoms with Gasteiger partial charge in [-0.1, -0.05) is 6.07 Å². The van der Waals surface area contributed by atoms with Crippen LogP contribution < -0.4 is 4.74 Å². The van der Waals surface area contributed by atoms with E-state index in [2.05, 4.69) is 20.4 Å². The van der Waals surface area contributed by atoms with Crippen molar-refractivity contribution in [2.75, 3.05) is 0 Å². The smallest absolute Gasteiger partial charge is 0.416 e. The van der Waals surface area contributed by atoms with Gasteiger partial charge >= 0.3 is 6.18 Å². The summed E-state index contributed by atoms with van der Waals surface area (Å²) in [4.78, 5) is 0. The molecule has 2 aromatic heterocycles. The molecule has 1 saturated carbocycles. The van der Waals surface area contributed by atoms with Crippen molar-refractivity contribution in [1.29, 1.82) is 0 Å². The number of alkyl halides is 3. The van der Waals surface area contributed by atoms with E-state index >= 15 is 0 Å². The Bertz CT molecular complexity index is 943. The van der Waals surface area contributed by atoms with Gasteiger partial charge in [-0.05, 0) is 55.4 Å². The molecular weight excluding hydrogens is 383 g/mol. The lowest BCUT2D eigenvalue weighted by atomic mass is 9.79. The summed E-state index contributed by atoms with van der Waals surface area (Å²) in [7, 11) is 1.88. The third kappa shape index (κ3) is 4.28. The number of benzene rings is 1. The molecule has 0 spiro atoms. The maximum atomic E-state index is 12.8. The van der Waals surface area contributed by atoms with Crippen LogP contribution in [0, 0.1) is 0 Å². The molecule has 0 amide bonds. The summed E-state index contributed by atoms with van der Waals surface area (Å²) in [6.45, 7) is 0.0647. The largest absolute Gasteiger partial charge is 0.486 e. The fraction of sp³-hybridized carbons (Fsp3) is 0.450. The Hall–Kier alpha value is -2.84. The summed E-state index contributed by atoms with van der Waals surface area (Å²) in [6.07, 6.45) is 3.59. The number of rotatable bonds is 5. The first kappa shape index (κ1) is 19.5. The number of nitrogens with zero attached hydrogens (tertiary/aromatic N) is 4. The van der Waals surface area contributed by atoms with Crippen molar-refractivity contribution < 1.29 is 17.9 Å². The fourth-order valence-electron chi connectivity index (χ4n) is 3.94. The zero-order valence-electron chi connectivity index (χ0n) is 16.0. The molecule has 29 heavy (non-hydrogen) atoms. The molecule has 0 bridgehead atoms. The second-order valence-corrected chi connectivity index (χ2v) is 7.43. The Balaban J connectivity index is 1.38. The van der Waals surface area contributed by atoms with E-state index in [0.29, 0.717) is 17.7 Å². The van der Waals surface area contributed by atoms with Crippen molar-refractivity contribution in [3.8, 4) is 5.75 Å². The lowest BCUT2D eigenvalue weighted by Crippen LogP contribution is -2.16. The summed E-state index contributed by atoms with van der Waals surface area (Å²) in [5.74, 6) is 2.48. The zero-order valence-corrected chi connectivity index (χ0v) is 16.0. The standard InChI is InChI=1S/C20H22F3N5O/c1-28-18(12-29-17-4-2-3-16(9-17)20(21,22)23)26-27-19(28)14-7-5-13(6-8-14)15-10-24-25-11-15/h2-4,9-11,13-14H,5-8,12H2,1H3,(H,24,25)/t13-,14-. The second-order valence-electron chi connectivity index (χ2n) is 7.43. The van der Waals surface area contributed by atoms with Gasteiger partial charge in [0.25, 0.3) is 0 Å². The van der Waals surface area contributed by atoms with Crippen LogP contribution in [0.25, 0.3) is 0 Å². The van der Waals surface area contributed by atoms with Crippen LogP contribution in [0.5, 0.6) is 5.75 Å². The number of ether oxygens (including phenoxy) is 1. The topological polar surface area (TPSA) is 68.6 Å². The molecule has 3 aromatic rings. The van der Waals surface area contributed by atoms with E-state index in [1.54, 1.807) is 0 Å². The highest BCUT2D eigenvalue weighted by molar-refractivity contribution is 5.30. The number of nitrogens with one attached hydrogen (secondary N) is 1. The van der Waals surface area contributed by atoms with Gasteiger partial charge in [0.15, 0.2) is 5.82 Å². The SMILES string of the molecule is Cn1c(COc2cccc(C(F)(F)F)c2)nnc1[C@H]1CC[C@H](c2cn[nH]c2)CC1. The van der Waals surface area contributed by atoms with Crippen LogP contribution in [0.3, 0.4) is 0 Å². The molecule has 9 heteroatoms. The van der Waals surface area contributed by atoms with Crippen molar-refractivity contribution in [2.24, 2.45) is 7.05 Å². The number of aromatic nitrogens is 5. The molecule has 0 unspecified atom stereocenters. The van der Waals surface area contributed by atoms with Gasteiger partial charge in [-0.15, -0.1) is 10.2 Å². The Morgan fingerprint density at radius 2 is 1.90 bits per heavy atom. The van der Waals surface area contributed by atoms with Gasteiger partial charge in [0, 0.05) is 19.2 Å². The predicted molar refractivity (Wildman–Crippen MR) is 99.3 cm³/mol. The molecule has 0 saturated heterocycles. The molecule has 1 aliphatic carbocycles. The van der Waals surface area contributed by atoms with Gasteiger partial charge in [-0.2, -0.15) is 18.3 Å². The van der Waals surface area contributed by atoms with Crippen LogP contribution in [0.15, 0.2) is 36.7 Å². The number of H-pyrrole nitrogens is 1. The third-order valence-electron chi connectivity index (χ3n) is 5.61. The summed E-state index contributed by atoms with van der Waals surface area (Å²) in [5, 5.41) is 15.4. The zero-order chi connectivity index (χ0) is 20.4. The minimum absolute atomic E-state index is 0.0647. The van der Waals surface area contributed by atoms with Gasteiger partial charge in [-0.3, -0.25) is 5.10 Å². The molecule has 1 aromatic carbocycles. The molecule has 1 aliphatic rings. The summed E-state index contributed by atoms with van der Waals surface area (Å²) >= 11 is 0. The van der Waals surface area contributed by atoms with E-state index in [1.165, 1.54) is 17.7 Å². The molecule has 0 aliphatic heterocycles. The van der Waals surface area contributed by atoms with Gasteiger partial charge in [0.05, 0.1) is 11.8 Å². The van der Waals surface area contributed by atoms with Gasteiger partial charge in [0.2, 0.25) is 0 Å². The van der Waals surface area contributed by atoms with Crippen LogP contribution in [0.2, 0.25) is 0 Å². The average Bonchev–Trinajstić information content (AvgIpc) is 3.36. The highest BCUT2D eigenvalue weighted by Gasteiger charge is 2.31.